The highest BCUT2D eigenvalue weighted by Gasteiger charge is 2.37. The third kappa shape index (κ3) is 3.35. The quantitative estimate of drug-likeness (QED) is 0.344. The third-order valence-electron chi connectivity index (χ3n) is 4.72. The van der Waals surface area contributed by atoms with E-state index in [2.05, 4.69) is 26.8 Å². The molecule has 0 aliphatic heterocycles. The van der Waals surface area contributed by atoms with Crippen LogP contribution in [0, 0.1) is 35.1 Å². The van der Waals surface area contributed by atoms with Crippen molar-refractivity contribution in [2.45, 2.75) is 45.4 Å². The van der Waals surface area contributed by atoms with Gasteiger partial charge in [-0.05, 0) is 43.9 Å². The van der Waals surface area contributed by atoms with Gasteiger partial charge in [0.2, 0.25) is 0 Å². The van der Waals surface area contributed by atoms with Gasteiger partial charge in [-0.1, -0.05) is 25.5 Å². The van der Waals surface area contributed by atoms with Gasteiger partial charge in [-0.25, -0.2) is 4.90 Å². The molecule has 2 aliphatic carbocycles. The lowest BCUT2D eigenvalue weighted by atomic mass is 9.73. The van der Waals surface area contributed by atoms with Crippen LogP contribution in [0.15, 0.2) is 11.6 Å². The van der Waals surface area contributed by atoms with Gasteiger partial charge in [0.1, 0.15) is 5.38 Å². The van der Waals surface area contributed by atoms with Crippen molar-refractivity contribution in [3.05, 3.63) is 11.6 Å². The van der Waals surface area contributed by atoms with Crippen LogP contribution in [0.3, 0.4) is 0 Å². The predicted octanol–water partition coefficient (Wildman–Crippen LogP) is 3.55. The molecule has 3 nitrogen and oxygen atoms in total. The summed E-state index contributed by atoms with van der Waals surface area (Å²) in [6.07, 6.45) is 7.45. The van der Waals surface area contributed by atoms with E-state index < -0.39 is 5.38 Å². The number of amides is 1. The molecule has 4 atom stereocenters. The summed E-state index contributed by atoms with van der Waals surface area (Å²) in [7, 11) is 0. The number of carbonyl (C=O) groups excluding carboxylic acids is 1. The topological polar surface area (TPSA) is 44.1 Å². The Morgan fingerprint density at radius 3 is 2.75 bits per heavy atom. The lowest BCUT2D eigenvalue weighted by Gasteiger charge is -2.35. The monoisotopic (exact) mass is 294 g/mol. The van der Waals surface area contributed by atoms with Crippen LogP contribution in [0.5, 0.6) is 0 Å². The fourth-order valence-corrected chi connectivity index (χ4v) is 3.44. The van der Waals surface area contributed by atoms with E-state index in [9.17, 15) is 10.1 Å². The van der Waals surface area contributed by atoms with Crippen LogP contribution in [0.25, 0.3) is 0 Å². The molecule has 0 aromatic heterocycles. The molecule has 0 saturated heterocycles. The molecule has 0 aromatic carbocycles. The van der Waals surface area contributed by atoms with Crippen molar-refractivity contribution in [1.29, 1.82) is 5.26 Å². The molecule has 0 N–H and O–H groups in total. The lowest BCUT2D eigenvalue weighted by Crippen LogP contribution is -2.41. The van der Waals surface area contributed by atoms with Gasteiger partial charge in [0, 0.05) is 12.5 Å². The number of nitrogens with zero attached hydrogens (tertiary/aromatic N) is 2. The second-order valence-corrected chi connectivity index (χ2v) is 7.00. The number of carbonyl (C=O) groups is 1. The Balaban J connectivity index is 2.08. The zero-order valence-electron chi connectivity index (χ0n) is 12.5. The SMILES string of the molecule is CC1=CC(C(Cl)C(=O)N(C#N)CC2CC2)C(C)C(C)C1. The van der Waals surface area contributed by atoms with Gasteiger partial charge in [0.05, 0.1) is 0 Å². The summed E-state index contributed by atoms with van der Waals surface area (Å²) >= 11 is 6.43. The molecule has 0 bridgehead atoms. The maximum absolute atomic E-state index is 12.4. The summed E-state index contributed by atoms with van der Waals surface area (Å²) in [5, 5.41) is 8.55. The first-order valence-electron chi connectivity index (χ1n) is 7.46. The van der Waals surface area contributed by atoms with Crippen LogP contribution < -0.4 is 0 Å². The molecule has 0 aromatic rings. The van der Waals surface area contributed by atoms with E-state index in [1.165, 1.54) is 10.5 Å². The van der Waals surface area contributed by atoms with Crippen molar-refractivity contribution in [2.75, 3.05) is 6.54 Å². The minimum Gasteiger partial charge on any atom is -0.272 e. The Hall–Kier alpha value is -1.01. The van der Waals surface area contributed by atoms with Crippen LogP contribution >= 0.6 is 11.6 Å². The van der Waals surface area contributed by atoms with Gasteiger partial charge in [0.15, 0.2) is 6.19 Å². The van der Waals surface area contributed by atoms with E-state index in [0.717, 1.165) is 19.3 Å². The summed E-state index contributed by atoms with van der Waals surface area (Å²) in [5.41, 5.74) is 1.30. The number of halogens is 1. The van der Waals surface area contributed by atoms with Crippen LogP contribution in [0.1, 0.15) is 40.0 Å². The lowest BCUT2D eigenvalue weighted by molar-refractivity contribution is -0.129. The van der Waals surface area contributed by atoms with Crippen LogP contribution in [0.4, 0.5) is 0 Å². The van der Waals surface area contributed by atoms with Crippen molar-refractivity contribution < 1.29 is 4.79 Å². The molecule has 110 valence electrons. The second-order valence-electron chi connectivity index (χ2n) is 6.52. The van der Waals surface area contributed by atoms with Crippen molar-refractivity contribution in [1.82, 2.24) is 4.90 Å². The molecule has 1 fully saturated rings. The molecule has 4 unspecified atom stereocenters. The van der Waals surface area contributed by atoms with Gasteiger partial charge in [-0.15, -0.1) is 11.6 Å². The van der Waals surface area contributed by atoms with Gasteiger partial charge in [-0.2, -0.15) is 5.26 Å². The van der Waals surface area contributed by atoms with Crippen molar-refractivity contribution in [3.8, 4) is 6.19 Å². The minimum absolute atomic E-state index is 0.0305. The van der Waals surface area contributed by atoms with Gasteiger partial charge < -0.3 is 0 Å². The molecule has 0 spiro atoms. The molecule has 2 rings (SSSR count). The third-order valence-corrected chi connectivity index (χ3v) is 5.20. The Kier molecular flexibility index (Phi) is 4.75. The Morgan fingerprint density at radius 1 is 1.55 bits per heavy atom. The zero-order chi connectivity index (χ0) is 14.9. The summed E-state index contributed by atoms with van der Waals surface area (Å²) < 4.78 is 0. The number of hydrogen-bond acceptors (Lipinski definition) is 2. The number of hydrogen-bond donors (Lipinski definition) is 0. The highest BCUT2D eigenvalue weighted by atomic mass is 35.5. The second kappa shape index (κ2) is 6.18. The number of nitriles is 1. The van der Waals surface area contributed by atoms with Crippen molar-refractivity contribution >= 4 is 17.5 Å². The maximum atomic E-state index is 12.4. The molecular formula is C16H23ClN2O. The van der Waals surface area contributed by atoms with E-state index in [1.807, 2.05) is 6.19 Å². The Morgan fingerprint density at radius 2 is 2.20 bits per heavy atom. The maximum Gasteiger partial charge on any atom is 0.254 e. The van der Waals surface area contributed by atoms with Gasteiger partial charge >= 0.3 is 0 Å². The predicted molar refractivity (Wildman–Crippen MR) is 79.9 cm³/mol. The largest absolute Gasteiger partial charge is 0.272 e. The molecular weight excluding hydrogens is 272 g/mol. The first kappa shape index (κ1) is 15.4. The average Bonchev–Trinajstić information content (AvgIpc) is 3.22. The standard InChI is InChI=1S/C16H23ClN2O/c1-10-6-11(2)12(3)14(7-10)15(17)16(20)19(9-18)8-13-4-5-13/h7,11-15H,4-6,8H2,1-3H3. The molecule has 4 heteroatoms. The first-order chi connectivity index (χ1) is 9.43. The fraction of sp³-hybridized carbons (Fsp3) is 0.750. The van der Waals surface area contributed by atoms with Crippen LogP contribution in [0.2, 0.25) is 0 Å². The van der Waals surface area contributed by atoms with E-state index in [0.29, 0.717) is 24.3 Å². The molecule has 0 heterocycles. The molecule has 20 heavy (non-hydrogen) atoms. The molecule has 2 aliphatic rings. The van der Waals surface area contributed by atoms with Crippen molar-refractivity contribution in [2.24, 2.45) is 23.7 Å². The normalized spacial score (nSPS) is 31.1. The van der Waals surface area contributed by atoms with Crippen molar-refractivity contribution in [3.63, 3.8) is 0 Å². The minimum atomic E-state index is -0.624. The summed E-state index contributed by atoms with van der Waals surface area (Å²) in [4.78, 5) is 13.7. The highest BCUT2D eigenvalue weighted by Crippen LogP contribution is 2.38. The summed E-state index contributed by atoms with van der Waals surface area (Å²) in [6.45, 7) is 6.99. The fourth-order valence-electron chi connectivity index (χ4n) is 3.02. The number of rotatable bonds is 4. The summed E-state index contributed by atoms with van der Waals surface area (Å²) in [5.74, 6) is 1.20. The summed E-state index contributed by atoms with van der Waals surface area (Å²) in [6, 6.07) is 0. The van der Waals surface area contributed by atoms with E-state index >= 15 is 0 Å². The number of allylic oxidation sites excluding steroid dienone is 2. The smallest absolute Gasteiger partial charge is 0.254 e. The van der Waals surface area contributed by atoms with E-state index in [4.69, 9.17) is 11.6 Å². The number of alkyl halides is 1. The first-order valence-corrected chi connectivity index (χ1v) is 7.90. The Labute approximate surface area is 126 Å². The van der Waals surface area contributed by atoms with Crippen LogP contribution in [-0.4, -0.2) is 22.7 Å². The van der Waals surface area contributed by atoms with Gasteiger partial charge in [-0.3, -0.25) is 4.79 Å². The average molecular weight is 295 g/mol. The van der Waals surface area contributed by atoms with Gasteiger partial charge in [0.25, 0.3) is 5.91 Å². The molecule has 1 saturated carbocycles. The Bertz CT molecular complexity index is 450. The van der Waals surface area contributed by atoms with Crippen LogP contribution in [-0.2, 0) is 4.79 Å². The zero-order valence-corrected chi connectivity index (χ0v) is 13.2. The van der Waals surface area contributed by atoms with E-state index in [1.54, 1.807) is 0 Å². The highest BCUT2D eigenvalue weighted by molar-refractivity contribution is 6.31. The molecule has 0 radical (unpaired) electrons. The van der Waals surface area contributed by atoms with E-state index in [-0.39, 0.29) is 11.8 Å². The molecule has 1 amide bonds.